The fourth-order valence-electron chi connectivity index (χ4n) is 1.89. The normalized spacial score (nSPS) is 15.4. The summed E-state index contributed by atoms with van der Waals surface area (Å²) in [6.45, 7) is 6.32. The average Bonchev–Trinajstić information content (AvgIpc) is 2.50. The third-order valence-electron chi connectivity index (χ3n) is 2.60. The van der Waals surface area contributed by atoms with Gasteiger partial charge < -0.3 is 15.2 Å². The highest BCUT2D eigenvalue weighted by molar-refractivity contribution is 7.90. The van der Waals surface area contributed by atoms with Crippen molar-refractivity contribution in [3.63, 3.8) is 0 Å². The Hall–Kier alpha value is -1.67. The van der Waals surface area contributed by atoms with Crippen LogP contribution in [0.5, 0.6) is 11.5 Å². The van der Waals surface area contributed by atoms with Crippen LogP contribution in [0.15, 0.2) is 12.1 Å². The number of rotatable bonds is 3. The van der Waals surface area contributed by atoms with Gasteiger partial charge in [0, 0.05) is 24.1 Å². The number of hydrogen-bond donors (Lipinski definition) is 3. The van der Waals surface area contributed by atoms with E-state index in [4.69, 9.17) is 15.2 Å². The molecule has 1 heterocycles. The van der Waals surface area contributed by atoms with Crippen molar-refractivity contribution in [3.8, 4) is 11.5 Å². The second-order valence-corrected chi connectivity index (χ2v) is 7.31. The maximum atomic E-state index is 12.1. The predicted molar refractivity (Wildman–Crippen MR) is 81.9 cm³/mol. The van der Waals surface area contributed by atoms with Gasteiger partial charge in [0.05, 0.1) is 24.6 Å². The van der Waals surface area contributed by atoms with E-state index < -0.39 is 15.7 Å². The molecule has 4 N–H and O–H groups in total. The number of hydrogen-bond acceptors (Lipinski definition) is 5. The van der Waals surface area contributed by atoms with Gasteiger partial charge >= 0.3 is 0 Å². The number of fused-ring (bicyclic) bond motifs is 1. The maximum Gasteiger partial charge on any atom is 0.299 e. The molecule has 0 radical (unpaired) electrons. The van der Waals surface area contributed by atoms with Gasteiger partial charge in [0.2, 0.25) is 0 Å². The molecule has 1 aromatic rings. The van der Waals surface area contributed by atoms with E-state index in [9.17, 15) is 8.42 Å². The van der Waals surface area contributed by atoms with Gasteiger partial charge in [-0.2, -0.15) is 13.1 Å². The molecule has 0 fully saturated rings. The summed E-state index contributed by atoms with van der Waals surface area (Å²) in [7, 11) is -3.73. The zero-order valence-corrected chi connectivity index (χ0v) is 13.2. The molecule has 0 saturated heterocycles. The van der Waals surface area contributed by atoms with Crippen LogP contribution < -0.4 is 24.7 Å². The first kappa shape index (κ1) is 15.7. The van der Waals surface area contributed by atoms with Gasteiger partial charge in [0.1, 0.15) is 0 Å². The summed E-state index contributed by atoms with van der Waals surface area (Å²) < 4.78 is 40.0. The molecule has 118 valence electrons. The van der Waals surface area contributed by atoms with Gasteiger partial charge in [-0.1, -0.05) is 0 Å². The minimum atomic E-state index is -3.73. The molecule has 0 aromatic heterocycles. The van der Waals surface area contributed by atoms with Crippen LogP contribution in [0.25, 0.3) is 0 Å². The van der Waals surface area contributed by atoms with E-state index in [0.29, 0.717) is 24.7 Å². The van der Waals surface area contributed by atoms with Gasteiger partial charge in [0.15, 0.2) is 11.5 Å². The van der Waals surface area contributed by atoms with Crippen molar-refractivity contribution in [1.82, 2.24) is 4.72 Å². The maximum absolute atomic E-state index is 12.1. The van der Waals surface area contributed by atoms with Crippen molar-refractivity contribution in [2.75, 3.05) is 23.7 Å². The summed E-state index contributed by atoms with van der Waals surface area (Å²) in [4.78, 5) is 0. The molecule has 1 aliphatic heterocycles. The Morgan fingerprint density at radius 2 is 1.71 bits per heavy atom. The largest absolute Gasteiger partial charge is 0.489 e. The van der Waals surface area contributed by atoms with Crippen LogP contribution >= 0.6 is 0 Å². The second kappa shape index (κ2) is 5.61. The van der Waals surface area contributed by atoms with Gasteiger partial charge in [-0.05, 0) is 20.8 Å². The van der Waals surface area contributed by atoms with Crippen molar-refractivity contribution >= 4 is 21.6 Å². The molecule has 0 unspecified atom stereocenters. The Balaban J connectivity index is 2.26. The average molecular weight is 315 g/mol. The molecule has 1 aliphatic rings. The lowest BCUT2D eigenvalue weighted by Gasteiger charge is -2.21. The molecule has 2 rings (SSSR count). The molecule has 7 nitrogen and oxygen atoms in total. The van der Waals surface area contributed by atoms with Crippen molar-refractivity contribution in [3.05, 3.63) is 12.1 Å². The zero-order valence-electron chi connectivity index (χ0n) is 12.4. The van der Waals surface area contributed by atoms with Crippen LogP contribution in [-0.4, -0.2) is 27.2 Å². The summed E-state index contributed by atoms with van der Waals surface area (Å²) in [5.74, 6) is 1.01. The monoisotopic (exact) mass is 315 g/mol. The summed E-state index contributed by atoms with van der Waals surface area (Å²) in [6.07, 6.45) is 0.765. The lowest BCUT2D eigenvalue weighted by molar-refractivity contribution is 0.297. The minimum Gasteiger partial charge on any atom is -0.489 e. The second-order valence-electron chi connectivity index (χ2n) is 5.89. The first-order chi connectivity index (χ1) is 9.66. The number of anilines is 2. The zero-order chi connectivity index (χ0) is 15.7. The topological polar surface area (TPSA) is 103 Å². The van der Waals surface area contributed by atoms with Crippen LogP contribution in [0.2, 0.25) is 0 Å². The van der Waals surface area contributed by atoms with Crippen LogP contribution in [0.1, 0.15) is 27.2 Å². The van der Waals surface area contributed by atoms with E-state index in [1.54, 1.807) is 26.8 Å². The van der Waals surface area contributed by atoms with E-state index in [1.807, 2.05) is 0 Å². The first-order valence-corrected chi connectivity index (χ1v) is 8.15. The lowest BCUT2D eigenvalue weighted by atomic mass is 10.1. The summed E-state index contributed by atoms with van der Waals surface area (Å²) in [5.41, 5.74) is 5.82. The number of benzene rings is 1. The molecule has 8 heteroatoms. The fraction of sp³-hybridized carbons (Fsp3) is 0.538. The van der Waals surface area contributed by atoms with Crippen LogP contribution in [0.3, 0.4) is 0 Å². The van der Waals surface area contributed by atoms with Gasteiger partial charge in [-0.3, -0.25) is 4.72 Å². The van der Waals surface area contributed by atoms with E-state index >= 15 is 0 Å². The molecule has 0 aliphatic carbocycles. The predicted octanol–water partition coefficient (Wildman–Crippen LogP) is 1.47. The Bertz CT molecular complexity index is 623. The quantitative estimate of drug-likeness (QED) is 0.733. The van der Waals surface area contributed by atoms with Gasteiger partial charge in [0.25, 0.3) is 10.2 Å². The molecular weight excluding hydrogens is 294 g/mol. The molecule has 1 aromatic carbocycles. The Morgan fingerprint density at radius 1 is 1.14 bits per heavy atom. The summed E-state index contributed by atoms with van der Waals surface area (Å²) in [6, 6.07) is 3.10. The number of nitrogens with two attached hydrogens (primary N) is 1. The Kier molecular flexibility index (Phi) is 4.20. The molecule has 0 bridgehead atoms. The van der Waals surface area contributed by atoms with Crippen LogP contribution in [0, 0.1) is 0 Å². The van der Waals surface area contributed by atoms with Crippen molar-refractivity contribution in [2.45, 2.75) is 32.7 Å². The van der Waals surface area contributed by atoms with E-state index in [2.05, 4.69) is 9.44 Å². The van der Waals surface area contributed by atoms with E-state index in [0.717, 1.165) is 6.42 Å². The van der Waals surface area contributed by atoms with E-state index in [-0.39, 0.29) is 11.4 Å². The van der Waals surface area contributed by atoms with Gasteiger partial charge in [-0.15, -0.1) is 0 Å². The third-order valence-corrected chi connectivity index (χ3v) is 3.97. The highest BCUT2D eigenvalue weighted by Crippen LogP contribution is 2.36. The molecule has 21 heavy (non-hydrogen) atoms. The molecule has 0 atom stereocenters. The molecule has 0 saturated carbocycles. The minimum absolute atomic E-state index is 0.260. The number of nitrogen functional groups attached to an aromatic ring is 1. The standard InChI is InChI=1S/C13H21N3O4S/c1-13(2,3)16-21(17,18)15-10-8-12-11(7-9(10)14)19-5-4-6-20-12/h7-8,15-16H,4-6,14H2,1-3H3. The molecular formula is C13H21N3O4S. The highest BCUT2D eigenvalue weighted by atomic mass is 32.2. The number of ether oxygens (including phenoxy) is 2. The molecule has 0 amide bonds. The molecule has 0 spiro atoms. The lowest BCUT2D eigenvalue weighted by Crippen LogP contribution is -2.43. The Labute approximate surface area is 125 Å². The van der Waals surface area contributed by atoms with Gasteiger partial charge in [-0.25, -0.2) is 0 Å². The summed E-state index contributed by atoms with van der Waals surface area (Å²) in [5, 5.41) is 0. The highest BCUT2D eigenvalue weighted by Gasteiger charge is 2.22. The van der Waals surface area contributed by atoms with Crippen molar-refractivity contribution < 1.29 is 17.9 Å². The Morgan fingerprint density at radius 3 is 2.29 bits per heavy atom. The van der Waals surface area contributed by atoms with E-state index in [1.165, 1.54) is 6.07 Å². The third kappa shape index (κ3) is 4.40. The first-order valence-electron chi connectivity index (χ1n) is 6.67. The fourth-order valence-corrected chi connectivity index (χ4v) is 3.21. The van der Waals surface area contributed by atoms with Crippen LogP contribution in [-0.2, 0) is 10.2 Å². The van der Waals surface area contributed by atoms with Crippen LogP contribution in [0.4, 0.5) is 11.4 Å². The number of nitrogens with one attached hydrogen (secondary N) is 2. The SMILES string of the molecule is CC(C)(C)NS(=O)(=O)Nc1cc2c(cc1N)OCCCO2. The smallest absolute Gasteiger partial charge is 0.299 e. The van der Waals surface area contributed by atoms with Crippen molar-refractivity contribution in [1.29, 1.82) is 0 Å². The summed E-state index contributed by atoms with van der Waals surface area (Å²) >= 11 is 0. The van der Waals surface area contributed by atoms with Crippen molar-refractivity contribution in [2.24, 2.45) is 0 Å².